The van der Waals surface area contributed by atoms with E-state index in [-0.39, 0.29) is 12.6 Å². The second-order valence-electron chi connectivity index (χ2n) is 6.23. The maximum absolute atomic E-state index is 12.9. The smallest absolute Gasteiger partial charge is 0.339 e. The van der Waals surface area contributed by atoms with E-state index in [4.69, 9.17) is 9.47 Å². The largest absolute Gasteiger partial charge is 0.497 e. The Morgan fingerprint density at radius 1 is 0.964 bits per heavy atom. The standard InChI is InChI=1S/C23H18N2O3/c1-27-18-8-6-16(7-9-18)15-28-23(26)20-14-22(17-10-12-24-13-11-17)25-21-5-3-2-4-19(20)21/h2-14H,15H2,1H3. The van der Waals surface area contributed by atoms with Crippen molar-refractivity contribution in [3.8, 4) is 17.0 Å². The van der Waals surface area contributed by atoms with E-state index in [0.717, 1.165) is 27.8 Å². The number of hydrogen-bond acceptors (Lipinski definition) is 5. The third-order valence-corrected chi connectivity index (χ3v) is 4.44. The van der Waals surface area contributed by atoms with E-state index in [1.54, 1.807) is 25.6 Å². The molecule has 0 aliphatic carbocycles. The first-order valence-electron chi connectivity index (χ1n) is 8.85. The summed E-state index contributed by atoms with van der Waals surface area (Å²) in [6.07, 6.45) is 3.40. The second kappa shape index (κ2) is 7.88. The van der Waals surface area contributed by atoms with Crippen molar-refractivity contribution in [2.75, 3.05) is 7.11 Å². The third kappa shape index (κ3) is 3.69. The molecule has 2 aromatic heterocycles. The van der Waals surface area contributed by atoms with Crippen LogP contribution in [0.1, 0.15) is 15.9 Å². The van der Waals surface area contributed by atoms with Gasteiger partial charge in [-0.25, -0.2) is 9.78 Å². The van der Waals surface area contributed by atoms with Crippen molar-refractivity contribution in [1.82, 2.24) is 9.97 Å². The summed E-state index contributed by atoms with van der Waals surface area (Å²) < 4.78 is 10.7. The molecule has 0 unspecified atom stereocenters. The number of hydrogen-bond donors (Lipinski definition) is 0. The van der Waals surface area contributed by atoms with Crippen molar-refractivity contribution in [3.05, 3.63) is 90.3 Å². The van der Waals surface area contributed by atoms with Crippen LogP contribution < -0.4 is 4.74 Å². The van der Waals surface area contributed by atoms with Gasteiger partial charge >= 0.3 is 5.97 Å². The Bertz CT molecular complexity index is 1110. The van der Waals surface area contributed by atoms with Crippen molar-refractivity contribution in [1.29, 1.82) is 0 Å². The van der Waals surface area contributed by atoms with Gasteiger partial charge in [-0.3, -0.25) is 4.98 Å². The highest BCUT2D eigenvalue weighted by Crippen LogP contribution is 2.25. The summed E-state index contributed by atoms with van der Waals surface area (Å²) in [6, 6.07) is 20.5. The van der Waals surface area contributed by atoms with Gasteiger partial charge < -0.3 is 9.47 Å². The predicted octanol–water partition coefficient (Wildman–Crippen LogP) is 4.66. The summed E-state index contributed by atoms with van der Waals surface area (Å²) in [6.45, 7) is 0.185. The van der Waals surface area contributed by atoms with Crippen LogP contribution in [0, 0.1) is 0 Å². The van der Waals surface area contributed by atoms with Crippen molar-refractivity contribution >= 4 is 16.9 Å². The molecule has 0 radical (unpaired) electrons. The fourth-order valence-electron chi connectivity index (χ4n) is 2.96. The van der Waals surface area contributed by atoms with E-state index >= 15 is 0 Å². The van der Waals surface area contributed by atoms with Crippen LogP contribution in [0.2, 0.25) is 0 Å². The number of carbonyl (C=O) groups is 1. The number of pyridine rings is 2. The maximum atomic E-state index is 12.9. The van der Waals surface area contributed by atoms with E-state index in [9.17, 15) is 4.79 Å². The van der Waals surface area contributed by atoms with Crippen LogP contribution in [0.4, 0.5) is 0 Å². The van der Waals surface area contributed by atoms with E-state index < -0.39 is 0 Å². The summed E-state index contributed by atoms with van der Waals surface area (Å²) in [4.78, 5) is 21.6. The number of fused-ring (bicyclic) bond motifs is 1. The van der Waals surface area contributed by atoms with Crippen molar-refractivity contribution < 1.29 is 14.3 Å². The van der Waals surface area contributed by atoms with Crippen LogP contribution in [-0.2, 0) is 11.3 Å². The minimum atomic E-state index is -0.385. The highest BCUT2D eigenvalue weighted by Gasteiger charge is 2.15. The number of rotatable bonds is 5. The lowest BCUT2D eigenvalue weighted by Gasteiger charge is -2.10. The lowest BCUT2D eigenvalue weighted by Crippen LogP contribution is -2.07. The summed E-state index contributed by atoms with van der Waals surface area (Å²) in [5.41, 5.74) is 3.73. The van der Waals surface area contributed by atoms with E-state index in [1.165, 1.54) is 0 Å². The third-order valence-electron chi connectivity index (χ3n) is 4.44. The van der Waals surface area contributed by atoms with Gasteiger partial charge in [-0.05, 0) is 42.0 Å². The molecule has 0 fully saturated rings. The topological polar surface area (TPSA) is 61.3 Å². The van der Waals surface area contributed by atoms with Crippen molar-refractivity contribution in [2.45, 2.75) is 6.61 Å². The van der Waals surface area contributed by atoms with Gasteiger partial charge in [0.25, 0.3) is 0 Å². The average Bonchev–Trinajstić information content (AvgIpc) is 2.77. The number of methoxy groups -OCH3 is 1. The zero-order valence-electron chi connectivity index (χ0n) is 15.3. The Morgan fingerprint density at radius 3 is 2.46 bits per heavy atom. The molecular formula is C23H18N2O3. The predicted molar refractivity (Wildman–Crippen MR) is 107 cm³/mol. The normalized spacial score (nSPS) is 10.6. The fraction of sp³-hybridized carbons (Fsp3) is 0.0870. The molecule has 0 N–H and O–H groups in total. The van der Waals surface area contributed by atoms with Crippen LogP contribution >= 0.6 is 0 Å². The minimum Gasteiger partial charge on any atom is -0.497 e. The number of benzene rings is 2. The maximum Gasteiger partial charge on any atom is 0.339 e. The van der Waals surface area contributed by atoms with E-state index in [1.807, 2.05) is 60.7 Å². The Balaban J connectivity index is 1.65. The molecular weight excluding hydrogens is 352 g/mol. The van der Waals surface area contributed by atoms with Gasteiger partial charge in [-0.1, -0.05) is 30.3 Å². The number of esters is 1. The molecule has 0 atom stereocenters. The summed E-state index contributed by atoms with van der Waals surface area (Å²) in [5, 5.41) is 0.764. The van der Waals surface area contributed by atoms with Gasteiger partial charge in [-0.2, -0.15) is 0 Å². The van der Waals surface area contributed by atoms with E-state index in [2.05, 4.69) is 9.97 Å². The molecule has 0 bridgehead atoms. The highest BCUT2D eigenvalue weighted by molar-refractivity contribution is 6.04. The summed E-state index contributed by atoms with van der Waals surface area (Å²) >= 11 is 0. The molecule has 0 amide bonds. The first-order chi connectivity index (χ1) is 13.7. The van der Waals surface area contributed by atoms with Gasteiger partial charge in [0.2, 0.25) is 0 Å². The van der Waals surface area contributed by atoms with Gasteiger partial charge in [0.1, 0.15) is 12.4 Å². The fourth-order valence-corrected chi connectivity index (χ4v) is 2.96. The van der Waals surface area contributed by atoms with Crippen LogP contribution in [-0.4, -0.2) is 23.0 Å². The summed E-state index contributed by atoms with van der Waals surface area (Å²) in [7, 11) is 1.62. The van der Waals surface area contributed by atoms with Crippen molar-refractivity contribution in [2.24, 2.45) is 0 Å². The van der Waals surface area contributed by atoms with Gasteiger partial charge in [0.05, 0.1) is 23.9 Å². The Kier molecular flexibility index (Phi) is 4.97. The molecule has 0 saturated heterocycles. The SMILES string of the molecule is COc1ccc(COC(=O)c2cc(-c3ccncc3)nc3ccccc23)cc1. The Morgan fingerprint density at radius 2 is 1.71 bits per heavy atom. The number of ether oxygens (including phenoxy) is 2. The molecule has 5 heteroatoms. The molecule has 4 rings (SSSR count). The van der Waals surface area contributed by atoms with Crippen LogP contribution in [0.3, 0.4) is 0 Å². The number of carbonyl (C=O) groups excluding carboxylic acids is 1. The molecule has 0 aliphatic rings. The Hall–Kier alpha value is -3.73. The zero-order chi connectivity index (χ0) is 19.3. The molecule has 0 saturated carbocycles. The number of nitrogens with zero attached hydrogens (tertiary/aromatic N) is 2. The van der Waals surface area contributed by atoms with Gasteiger partial charge in [0, 0.05) is 23.3 Å². The lowest BCUT2D eigenvalue weighted by atomic mass is 10.0. The first-order valence-corrected chi connectivity index (χ1v) is 8.85. The van der Waals surface area contributed by atoms with Crippen LogP contribution in [0.5, 0.6) is 5.75 Å². The number of para-hydroxylation sites is 1. The molecule has 2 heterocycles. The first kappa shape index (κ1) is 17.7. The molecule has 28 heavy (non-hydrogen) atoms. The quantitative estimate of drug-likeness (QED) is 0.478. The molecule has 138 valence electrons. The average molecular weight is 370 g/mol. The van der Waals surface area contributed by atoms with Crippen LogP contribution in [0.15, 0.2) is 79.1 Å². The van der Waals surface area contributed by atoms with E-state index in [0.29, 0.717) is 11.3 Å². The van der Waals surface area contributed by atoms with Gasteiger partial charge in [0.15, 0.2) is 0 Å². The minimum absolute atomic E-state index is 0.185. The molecule has 0 aliphatic heterocycles. The van der Waals surface area contributed by atoms with Crippen molar-refractivity contribution in [3.63, 3.8) is 0 Å². The molecule has 4 aromatic rings. The van der Waals surface area contributed by atoms with Gasteiger partial charge in [-0.15, -0.1) is 0 Å². The molecule has 0 spiro atoms. The monoisotopic (exact) mass is 370 g/mol. The molecule has 5 nitrogen and oxygen atoms in total. The van der Waals surface area contributed by atoms with Crippen LogP contribution in [0.25, 0.3) is 22.2 Å². The highest BCUT2D eigenvalue weighted by atomic mass is 16.5. The number of aromatic nitrogens is 2. The second-order valence-corrected chi connectivity index (χ2v) is 6.23. The summed E-state index contributed by atoms with van der Waals surface area (Å²) in [5.74, 6) is 0.377. The Labute approximate surface area is 162 Å². The molecule has 2 aromatic carbocycles. The lowest BCUT2D eigenvalue weighted by molar-refractivity contribution is 0.0475. The zero-order valence-corrected chi connectivity index (χ0v) is 15.3.